The van der Waals surface area contributed by atoms with Crippen LogP contribution in [0.4, 0.5) is 0 Å². The zero-order valence-electron chi connectivity index (χ0n) is 9.45. The Hall–Kier alpha value is -1.30. The molecule has 3 rings (SSSR count). The number of thioether (sulfide) groups is 1. The van der Waals surface area contributed by atoms with Crippen LogP contribution < -0.4 is 0 Å². The maximum absolute atomic E-state index is 12.1. The van der Waals surface area contributed by atoms with E-state index < -0.39 is 6.23 Å². The zero-order chi connectivity index (χ0) is 12.5. The molecule has 1 amide bonds. The van der Waals surface area contributed by atoms with Crippen molar-refractivity contribution in [3.8, 4) is 0 Å². The van der Waals surface area contributed by atoms with Crippen LogP contribution in [0.5, 0.6) is 0 Å². The Morgan fingerprint density at radius 2 is 2.17 bits per heavy atom. The number of rotatable bonds is 3. The molecule has 92 valence electrons. The van der Waals surface area contributed by atoms with Gasteiger partial charge in [-0.3, -0.25) is 9.69 Å². The number of benzene rings is 1. The molecule has 1 atom stereocenters. The van der Waals surface area contributed by atoms with Crippen molar-refractivity contribution in [2.45, 2.75) is 11.1 Å². The Bertz CT molecular complexity index is 568. The van der Waals surface area contributed by atoms with Crippen LogP contribution in [0.2, 0.25) is 0 Å². The normalized spacial score (nSPS) is 18.2. The van der Waals surface area contributed by atoms with Crippen LogP contribution in [0.15, 0.2) is 46.0 Å². The number of aliphatic hydroxyl groups excluding tert-OH is 1. The van der Waals surface area contributed by atoms with Crippen molar-refractivity contribution in [1.82, 2.24) is 4.90 Å². The number of hydrogen-bond acceptors (Lipinski definition) is 4. The number of carbonyl (C=O) groups is 1. The molecule has 2 aromatic rings. The minimum absolute atomic E-state index is 0.0965. The molecule has 0 radical (unpaired) electrons. The second-order valence-electron chi connectivity index (χ2n) is 3.97. The minimum atomic E-state index is -0.820. The van der Waals surface area contributed by atoms with Crippen LogP contribution in [0.3, 0.4) is 0 Å². The summed E-state index contributed by atoms with van der Waals surface area (Å²) in [5.41, 5.74) is 1.31. The summed E-state index contributed by atoms with van der Waals surface area (Å²) in [5.74, 6) is 0.367. The van der Waals surface area contributed by atoms with Gasteiger partial charge in [-0.15, -0.1) is 11.8 Å². The van der Waals surface area contributed by atoms with Crippen LogP contribution in [0.25, 0.3) is 0 Å². The van der Waals surface area contributed by atoms with E-state index in [9.17, 15) is 9.90 Å². The van der Waals surface area contributed by atoms with Crippen LogP contribution in [0.1, 0.15) is 22.1 Å². The van der Waals surface area contributed by atoms with E-state index in [2.05, 4.69) is 0 Å². The number of carbonyl (C=O) groups excluding carboxylic acids is 1. The fraction of sp³-hybridized carbons (Fsp3) is 0.154. The van der Waals surface area contributed by atoms with Crippen molar-refractivity contribution in [3.63, 3.8) is 0 Å². The lowest BCUT2D eigenvalue weighted by Gasteiger charge is -2.19. The molecule has 1 aromatic carbocycles. The summed E-state index contributed by atoms with van der Waals surface area (Å²) in [6, 6.07) is 9.22. The second kappa shape index (κ2) is 4.76. The largest absolute Gasteiger partial charge is 0.369 e. The number of amides is 1. The maximum atomic E-state index is 12.1. The van der Waals surface area contributed by atoms with Crippen molar-refractivity contribution < 1.29 is 9.90 Å². The summed E-state index contributed by atoms with van der Waals surface area (Å²) < 4.78 is 0. The van der Waals surface area contributed by atoms with Gasteiger partial charge in [-0.25, -0.2) is 0 Å². The average Bonchev–Trinajstić information content (AvgIpc) is 2.98. The maximum Gasteiger partial charge on any atom is 0.257 e. The standard InChI is InChI=1S/C13H11NO2S2/c15-12-10-3-1-2-4-11(10)13(16)14(12)8-18-9-5-6-17-7-9/h1-7,12,15H,8H2. The van der Waals surface area contributed by atoms with Gasteiger partial charge in [-0.05, 0) is 17.5 Å². The molecule has 1 aliphatic rings. The van der Waals surface area contributed by atoms with E-state index in [0.29, 0.717) is 17.0 Å². The lowest BCUT2D eigenvalue weighted by molar-refractivity contribution is 0.0271. The Labute approximate surface area is 113 Å². The SMILES string of the molecule is O=C1c2ccccc2C(O)N1CSc1ccsc1. The molecule has 0 saturated carbocycles. The third-order valence-corrected chi connectivity index (χ3v) is 4.72. The third kappa shape index (κ3) is 1.94. The Balaban J connectivity index is 1.77. The van der Waals surface area contributed by atoms with E-state index in [1.165, 1.54) is 4.90 Å². The summed E-state index contributed by atoms with van der Waals surface area (Å²) in [5, 5.41) is 14.2. The van der Waals surface area contributed by atoms with Gasteiger partial charge in [0.05, 0.1) is 5.88 Å². The van der Waals surface area contributed by atoms with E-state index in [4.69, 9.17) is 0 Å². The smallest absolute Gasteiger partial charge is 0.257 e. The lowest BCUT2D eigenvalue weighted by atomic mass is 10.1. The quantitative estimate of drug-likeness (QED) is 0.877. The molecule has 18 heavy (non-hydrogen) atoms. The Morgan fingerprint density at radius 1 is 1.33 bits per heavy atom. The molecule has 1 N–H and O–H groups in total. The fourth-order valence-electron chi connectivity index (χ4n) is 1.96. The summed E-state index contributed by atoms with van der Waals surface area (Å²) in [6.45, 7) is 0. The van der Waals surface area contributed by atoms with Crippen LogP contribution >= 0.6 is 23.1 Å². The van der Waals surface area contributed by atoms with Gasteiger partial charge in [0, 0.05) is 21.4 Å². The molecule has 0 bridgehead atoms. The van der Waals surface area contributed by atoms with Crippen molar-refractivity contribution in [1.29, 1.82) is 0 Å². The molecule has 0 spiro atoms. The van der Waals surface area contributed by atoms with E-state index in [1.54, 1.807) is 35.2 Å². The van der Waals surface area contributed by atoms with Gasteiger partial charge < -0.3 is 5.11 Å². The average molecular weight is 277 g/mol. The summed E-state index contributed by atoms with van der Waals surface area (Å²) in [4.78, 5) is 14.7. The predicted octanol–water partition coefficient (Wildman–Crippen LogP) is 2.94. The topological polar surface area (TPSA) is 40.5 Å². The van der Waals surface area contributed by atoms with Gasteiger partial charge in [0.1, 0.15) is 0 Å². The zero-order valence-corrected chi connectivity index (χ0v) is 11.1. The number of aliphatic hydroxyl groups is 1. The third-order valence-electron chi connectivity index (χ3n) is 2.89. The molecule has 2 heterocycles. The second-order valence-corrected chi connectivity index (χ2v) is 5.77. The van der Waals surface area contributed by atoms with Crippen molar-refractivity contribution in [3.05, 3.63) is 52.2 Å². The van der Waals surface area contributed by atoms with Gasteiger partial charge in [-0.2, -0.15) is 11.3 Å². The van der Waals surface area contributed by atoms with Crippen molar-refractivity contribution in [2.75, 3.05) is 5.88 Å². The minimum Gasteiger partial charge on any atom is -0.369 e. The number of hydrogen-bond donors (Lipinski definition) is 1. The van der Waals surface area contributed by atoms with Gasteiger partial charge in [0.25, 0.3) is 5.91 Å². The molecule has 1 aromatic heterocycles. The van der Waals surface area contributed by atoms with Gasteiger partial charge >= 0.3 is 0 Å². The molecule has 5 heteroatoms. The van der Waals surface area contributed by atoms with E-state index in [1.807, 2.05) is 29.0 Å². The van der Waals surface area contributed by atoms with Gasteiger partial charge in [-0.1, -0.05) is 18.2 Å². The first-order valence-electron chi connectivity index (χ1n) is 5.50. The molecule has 1 aliphatic heterocycles. The van der Waals surface area contributed by atoms with Crippen molar-refractivity contribution >= 4 is 29.0 Å². The highest BCUT2D eigenvalue weighted by Gasteiger charge is 2.34. The molecular weight excluding hydrogens is 266 g/mol. The Kier molecular flexibility index (Phi) is 3.11. The van der Waals surface area contributed by atoms with E-state index in [-0.39, 0.29) is 5.91 Å². The Morgan fingerprint density at radius 3 is 2.89 bits per heavy atom. The van der Waals surface area contributed by atoms with Gasteiger partial charge in [0.2, 0.25) is 0 Å². The van der Waals surface area contributed by atoms with Crippen molar-refractivity contribution in [2.24, 2.45) is 0 Å². The lowest BCUT2D eigenvalue weighted by Crippen LogP contribution is -2.27. The summed E-state index contributed by atoms with van der Waals surface area (Å²) >= 11 is 3.18. The molecule has 0 fully saturated rings. The number of nitrogens with zero attached hydrogens (tertiary/aromatic N) is 1. The number of fused-ring (bicyclic) bond motifs is 1. The first-order valence-corrected chi connectivity index (χ1v) is 7.43. The highest BCUT2D eigenvalue weighted by atomic mass is 32.2. The van der Waals surface area contributed by atoms with Crippen LogP contribution in [0, 0.1) is 0 Å². The first-order chi connectivity index (χ1) is 8.77. The monoisotopic (exact) mass is 277 g/mol. The molecule has 1 unspecified atom stereocenters. The molecule has 3 nitrogen and oxygen atoms in total. The highest BCUT2D eigenvalue weighted by Crippen LogP contribution is 2.34. The fourth-order valence-corrected chi connectivity index (χ4v) is 3.71. The number of thiophene rings is 1. The van der Waals surface area contributed by atoms with Crippen LogP contribution in [-0.2, 0) is 0 Å². The molecular formula is C13H11NO2S2. The highest BCUT2D eigenvalue weighted by molar-refractivity contribution is 7.99. The van der Waals surface area contributed by atoms with Gasteiger partial charge in [0.15, 0.2) is 6.23 Å². The molecule has 0 aliphatic carbocycles. The van der Waals surface area contributed by atoms with Crippen LogP contribution in [-0.4, -0.2) is 21.8 Å². The molecule has 0 saturated heterocycles. The van der Waals surface area contributed by atoms with E-state index >= 15 is 0 Å². The predicted molar refractivity (Wildman–Crippen MR) is 72.6 cm³/mol. The first kappa shape index (κ1) is 11.8. The van der Waals surface area contributed by atoms with E-state index in [0.717, 1.165) is 4.90 Å². The summed E-state index contributed by atoms with van der Waals surface area (Å²) in [6.07, 6.45) is -0.820. The summed E-state index contributed by atoms with van der Waals surface area (Å²) in [7, 11) is 0.